The van der Waals surface area contributed by atoms with E-state index in [-0.39, 0.29) is 11.6 Å². The quantitative estimate of drug-likeness (QED) is 0.431. The highest BCUT2D eigenvalue weighted by Gasteiger charge is 2.19. The van der Waals surface area contributed by atoms with Crippen LogP contribution in [0.25, 0.3) is 0 Å². The van der Waals surface area contributed by atoms with Crippen molar-refractivity contribution in [2.75, 3.05) is 5.32 Å². The van der Waals surface area contributed by atoms with Crippen LogP contribution in [0, 0.1) is 18.3 Å². The predicted octanol–water partition coefficient (Wildman–Crippen LogP) is 5.37. The zero-order valence-corrected chi connectivity index (χ0v) is 16.6. The molecule has 3 rings (SSSR count). The van der Waals surface area contributed by atoms with E-state index < -0.39 is 5.91 Å². The number of halogens is 1. The van der Waals surface area contributed by atoms with Gasteiger partial charge in [0.15, 0.2) is 0 Å². The first-order chi connectivity index (χ1) is 14.1. The van der Waals surface area contributed by atoms with Crippen LogP contribution in [-0.4, -0.2) is 5.91 Å². The van der Waals surface area contributed by atoms with E-state index >= 15 is 0 Å². The fraction of sp³-hybridized carbons (Fsp3) is 0.0833. The molecule has 0 aromatic heterocycles. The molecule has 144 valence electrons. The average Bonchev–Trinajstić information content (AvgIpc) is 2.76. The largest absolute Gasteiger partial charge is 0.360 e. The summed E-state index contributed by atoms with van der Waals surface area (Å²) in [6.45, 7) is 1.87. The van der Waals surface area contributed by atoms with Gasteiger partial charge in [-0.25, -0.2) is 0 Å². The smallest absolute Gasteiger partial charge is 0.264 e. The van der Waals surface area contributed by atoms with Gasteiger partial charge in [0.25, 0.3) is 5.91 Å². The molecule has 4 nitrogen and oxygen atoms in total. The van der Waals surface area contributed by atoms with E-state index in [1.165, 1.54) is 6.20 Å². The van der Waals surface area contributed by atoms with Gasteiger partial charge in [-0.15, -0.1) is 0 Å². The van der Waals surface area contributed by atoms with E-state index in [0.717, 1.165) is 22.4 Å². The Morgan fingerprint density at radius 1 is 0.966 bits per heavy atom. The van der Waals surface area contributed by atoms with E-state index in [9.17, 15) is 10.1 Å². The summed E-state index contributed by atoms with van der Waals surface area (Å²) in [4.78, 5) is 12.8. The van der Waals surface area contributed by atoms with Crippen molar-refractivity contribution in [3.63, 3.8) is 0 Å². The summed E-state index contributed by atoms with van der Waals surface area (Å²) in [6, 6.07) is 26.3. The van der Waals surface area contributed by atoms with E-state index in [1.807, 2.05) is 79.7 Å². The zero-order valence-electron chi connectivity index (χ0n) is 15.9. The van der Waals surface area contributed by atoms with Crippen LogP contribution in [0.5, 0.6) is 0 Å². The van der Waals surface area contributed by atoms with Gasteiger partial charge in [0, 0.05) is 16.9 Å². The Hall–Kier alpha value is -3.55. The molecule has 2 N–H and O–H groups in total. The maximum Gasteiger partial charge on any atom is 0.264 e. The normalized spacial score (nSPS) is 11.0. The molecule has 0 saturated heterocycles. The molecular weight excluding hydrogens is 382 g/mol. The Bertz CT molecular complexity index is 1020. The van der Waals surface area contributed by atoms with Crippen LogP contribution in [0.4, 0.5) is 5.69 Å². The minimum atomic E-state index is -0.461. The second-order valence-electron chi connectivity index (χ2n) is 6.45. The summed E-state index contributed by atoms with van der Waals surface area (Å²) >= 11 is 6.13. The van der Waals surface area contributed by atoms with Crippen molar-refractivity contribution in [3.8, 4) is 6.07 Å². The van der Waals surface area contributed by atoms with E-state index in [0.29, 0.717) is 5.02 Å². The maximum absolute atomic E-state index is 12.8. The van der Waals surface area contributed by atoms with Crippen LogP contribution in [0.3, 0.4) is 0 Å². The van der Waals surface area contributed by atoms with E-state index in [4.69, 9.17) is 11.6 Å². The van der Waals surface area contributed by atoms with Gasteiger partial charge in [0.2, 0.25) is 0 Å². The molecule has 3 aromatic carbocycles. The van der Waals surface area contributed by atoms with Crippen molar-refractivity contribution in [2.24, 2.45) is 0 Å². The topological polar surface area (TPSA) is 64.9 Å². The molecule has 0 spiro atoms. The van der Waals surface area contributed by atoms with Crippen LogP contribution in [-0.2, 0) is 4.79 Å². The summed E-state index contributed by atoms with van der Waals surface area (Å²) in [5.41, 5.74) is 3.42. The van der Waals surface area contributed by atoms with Crippen LogP contribution < -0.4 is 10.6 Å². The Morgan fingerprint density at radius 2 is 1.55 bits per heavy atom. The van der Waals surface area contributed by atoms with Crippen molar-refractivity contribution < 1.29 is 4.79 Å². The Kier molecular flexibility index (Phi) is 6.67. The molecule has 0 heterocycles. The van der Waals surface area contributed by atoms with Gasteiger partial charge in [-0.3, -0.25) is 4.79 Å². The number of nitrogens with one attached hydrogen (secondary N) is 2. The second-order valence-corrected chi connectivity index (χ2v) is 6.86. The number of benzene rings is 3. The van der Waals surface area contributed by atoms with Gasteiger partial charge in [-0.05, 0) is 35.7 Å². The molecule has 0 radical (unpaired) electrons. The summed E-state index contributed by atoms with van der Waals surface area (Å²) in [5.74, 6) is -0.461. The van der Waals surface area contributed by atoms with Gasteiger partial charge in [0.05, 0.1) is 6.04 Å². The first kappa shape index (κ1) is 20.2. The molecule has 0 unspecified atom stereocenters. The number of nitrogens with zero attached hydrogens (tertiary/aromatic N) is 1. The maximum atomic E-state index is 12.8. The highest BCUT2D eigenvalue weighted by Crippen LogP contribution is 2.24. The lowest BCUT2D eigenvalue weighted by Gasteiger charge is -2.19. The Morgan fingerprint density at radius 3 is 2.10 bits per heavy atom. The molecule has 0 fully saturated rings. The van der Waals surface area contributed by atoms with Crippen molar-refractivity contribution in [1.82, 2.24) is 5.32 Å². The van der Waals surface area contributed by atoms with Crippen molar-refractivity contribution in [2.45, 2.75) is 13.0 Å². The number of amides is 1. The lowest BCUT2D eigenvalue weighted by atomic mass is 9.98. The number of carbonyl (C=O) groups is 1. The highest BCUT2D eigenvalue weighted by atomic mass is 35.5. The molecule has 0 aliphatic carbocycles. The first-order valence-corrected chi connectivity index (χ1v) is 9.50. The van der Waals surface area contributed by atoms with Crippen LogP contribution >= 0.6 is 11.6 Å². The molecular formula is C24H20ClN3O. The molecule has 0 atom stereocenters. The summed E-state index contributed by atoms with van der Waals surface area (Å²) in [7, 11) is 0. The van der Waals surface area contributed by atoms with Crippen LogP contribution in [0.1, 0.15) is 22.7 Å². The molecule has 5 heteroatoms. The third kappa shape index (κ3) is 5.04. The highest BCUT2D eigenvalue weighted by molar-refractivity contribution is 6.31. The van der Waals surface area contributed by atoms with Crippen molar-refractivity contribution in [1.29, 1.82) is 5.26 Å². The first-order valence-electron chi connectivity index (χ1n) is 9.13. The van der Waals surface area contributed by atoms with Crippen molar-refractivity contribution in [3.05, 3.63) is 112 Å². The van der Waals surface area contributed by atoms with Gasteiger partial charge in [-0.2, -0.15) is 5.26 Å². The fourth-order valence-corrected chi connectivity index (χ4v) is 3.10. The Balaban J connectivity index is 1.84. The predicted molar refractivity (Wildman–Crippen MR) is 116 cm³/mol. The average molecular weight is 402 g/mol. The summed E-state index contributed by atoms with van der Waals surface area (Å²) in [6.07, 6.45) is 1.40. The molecule has 0 aliphatic heterocycles. The zero-order chi connectivity index (χ0) is 20.6. The second kappa shape index (κ2) is 9.59. The number of hydrogen-bond donors (Lipinski definition) is 2. The summed E-state index contributed by atoms with van der Waals surface area (Å²) < 4.78 is 0. The minimum absolute atomic E-state index is 0.0266. The Labute approximate surface area is 175 Å². The minimum Gasteiger partial charge on any atom is -0.360 e. The van der Waals surface area contributed by atoms with Crippen molar-refractivity contribution >= 4 is 23.2 Å². The molecule has 29 heavy (non-hydrogen) atoms. The number of anilines is 1. The lowest BCUT2D eigenvalue weighted by molar-refractivity contribution is -0.117. The third-order valence-corrected chi connectivity index (χ3v) is 4.96. The SMILES string of the molecule is Cc1c(Cl)cccc1N/C=C(/C#N)C(=O)NC(c1ccccc1)c1ccccc1. The van der Waals surface area contributed by atoms with Gasteiger partial charge in [-0.1, -0.05) is 78.3 Å². The molecule has 3 aromatic rings. The monoisotopic (exact) mass is 401 g/mol. The number of nitriles is 1. The number of carbonyl (C=O) groups excluding carboxylic acids is 1. The molecule has 0 bridgehead atoms. The standard InChI is InChI=1S/C24H20ClN3O/c1-17-21(25)13-8-14-22(17)27-16-20(15-26)24(29)28-23(18-9-4-2-5-10-18)19-11-6-3-7-12-19/h2-14,16,23,27H,1H3,(H,28,29)/b20-16-. The van der Waals surface area contributed by atoms with E-state index in [2.05, 4.69) is 10.6 Å². The molecule has 0 saturated carbocycles. The third-order valence-electron chi connectivity index (χ3n) is 4.55. The molecule has 0 aliphatic rings. The van der Waals surface area contributed by atoms with Crippen LogP contribution in [0.2, 0.25) is 5.02 Å². The van der Waals surface area contributed by atoms with Gasteiger partial charge >= 0.3 is 0 Å². The number of rotatable bonds is 6. The lowest BCUT2D eigenvalue weighted by Crippen LogP contribution is -2.30. The van der Waals surface area contributed by atoms with Crippen LogP contribution in [0.15, 0.2) is 90.6 Å². The van der Waals surface area contributed by atoms with Gasteiger partial charge < -0.3 is 10.6 Å². The number of hydrogen-bond acceptors (Lipinski definition) is 3. The molecule has 1 amide bonds. The van der Waals surface area contributed by atoms with Gasteiger partial charge in [0.1, 0.15) is 11.6 Å². The summed E-state index contributed by atoms with van der Waals surface area (Å²) in [5, 5.41) is 16.1. The fourth-order valence-electron chi connectivity index (χ4n) is 2.92. The van der Waals surface area contributed by atoms with E-state index in [1.54, 1.807) is 12.1 Å².